The molecule has 0 saturated heterocycles. The molecule has 4 aromatic carbocycles. The summed E-state index contributed by atoms with van der Waals surface area (Å²) in [6.45, 7) is 2.15. The van der Waals surface area contributed by atoms with E-state index >= 15 is 0 Å². The van der Waals surface area contributed by atoms with E-state index in [9.17, 15) is 0 Å². The van der Waals surface area contributed by atoms with Gasteiger partial charge in [-0.2, -0.15) is 12.1 Å². The predicted octanol–water partition coefficient (Wildman–Crippen LogP) is 7.00. The van der Waals surface area contributed by atoms with E-state index < -0.39 is 0 Å². The zero-order valence-electron chi connectivity index (χ0n) is 15.7. The molecule has 0 radical (unpaired) electrons. The molecule has 1 heterocycles. The number of hydrogen-bond acceptors (Lipinski definition) is 1. The van der Waals surface area contributed by atoms with Gasteiger partial charge in [-0.3, -0.25) is 4.98 Å². The number of hydrogen-bond donors (Lipinski definition) is 0. The first-order chi connectivity index (χ1) is 13.3. The maximum Gasteiger partial charge on any atom is 0.0688 e. The van der Waals surface area contributed by atoms with E-state index in [2.05, 4.69) is 73.7 Å². The molecular formula is C26H21FeN-6. The third kappa shape index (κ3) is 4.31. The fourth-order valence-corrected chi connectivity index (χ4v) is 3.29. The van der Waals surface area contributed by atoms with Crippen molar-refractivity contribution in [1.82, 2.24) is 4.98 Å². The Hall–Kier alpha value is -2.93. The average Bonchev–Trinajstić information content (AvgIpc) is 3.44. The Morgan fingerprint density at radius 3 is 2.00 bits per heavy atom. The van der Waals surface area contributed by atoms with Crippen molar-refractivity contribution < 1.29 is 17.1 Å². The second kappa shape index (κ2) is 9.32. The maximum absolute atomic E-state index is 4.83. The fraction of sp³-hybridized carbons (Fsp3) is 0.0385. The molecule has 144 valence electrons. The smallest absolute Gasteiger partial charge is 0.0688 e. The third-order valence-electron chi connectivity index (χ3n) is 4.68. The van der Waals surface area contributed by atoms with Crippen LogP contribution in [0.3, 0.4) is 0 Å². The van der Waals surface area contributed by atoms with Gasteiger partial charge in [-0.05, 0) is 40.8 Å². The van der Waals surface area contributed by atoms with Crippen LogP contribution in [0.1, 0.15) is 5.56 Å². The van der Waals surface area contributed by atoms with Crippen molar-refractivity contribution in [2.24, 2.45) is 0 Å². The second-order valence-electron chi connectivity index (χ2n) is 6.52. The minimum Gasteiger partial charge on any atom is -0.748 e. The average molecular weight is 403 g/mol. The van der Waals surface area contributed by atoms with Crippen molar-refractivity contribution in [3.05, 3.63) is 115 Å². The molecule has 0 bridgehead atoms. The zero-order valence-corrected chi connectivity index (χ0v) is 16.8. The van der Waals surface area contributed by atoms with Crippen molar-refractivity contribution in [3.63, 3.8) is 0 Å². The van der Waals surface area contributed by atoms with E-state index in [1.807, 2.05) is 42.5 Å². The number of benzene rings is 2. The van der Waals surface area contributed by atoms with Gasteiger partial charge >= 0.3 is 0 Å². The second-order valence-corrected chi connectivity index (χ2v) is 6.52. The first kappa shape index (κ1) is 19.8. The van der Waals surface area contributed by atoms with Gasteiger partial charge in [0.15, 0.2) is 0 Å². The summed E-state index contributed by atoms with van der Waals surface area (Å²) in [6, 6.07) is 37.4. The Labute approximate surface area is 176 Å². The van der Waals surface area contributed by atoms with Crippen molar-refractivity contribution in [3.8, 4) is 22.4 Å². The molecule has 0 N–H and O–H groups in total. The summed E-state index contributed by atoms with van der Waals surface area (Å²) in [7, 11) is 0. The van der Waals surface area contributed by atoms with E-state index in [-0.39, 0.29) is 17.1 Å². The van der Waals surface area contributed by atoms with Crippen molar-refractivity contribution in [1.29, 1.82) is 0 Å². The largest absolute Gasteiger partial charge is 0.748 e. The third-order valence-corrected chi connectivity index (χ3v) is 4.68. The van der Waals surface area contributed by atoms with Crippen LogP contribution in [0.5, 0.6) is 0 Å². The van der Waals surface area contributed by atoms with Gasteiger partial charge < -0.3 is 30.3 Å². The van der Waals surface area contributed by atoms with Crippen LogP contribution in [0.4, 0.5) is 0 Å². The van der Waals surface area contributed by atoms with Gasteiger partial charge in [0.2, 0.25) is 0 Å². The standard InChI is InChI=1S/C21H16N.C5H5.Fe/c1-15-7-2-5-10-17(15)18-11-6-12-21-19(18)13-14-20(22-21)16-8-3-4-9-16;1-2-4-5-3-1;/h2-14H,1H3;1-5H;/q-1;-5;. The molecule has 0 unspecified atom stereocenters. The number of pyridine rings is 1. The minimum atomic E-state index is 0. The topological polar surface area (TPSA) is 12.9 Å². The number of aromatic nitrogens is 1. The summed E-state index contributed by atoms with van der Waals surface area (Å²) in [6.07, 6.45) is 0. The molecule has 2 heteroatoms. The molecule has 0 atom stereocenters. The van der Waals surface area contributed by atoms with Gasteiger partial charge in [-0.15, -0.1) is 18.2 Å². The molecule has 0 spiro atoms. The van der Waals surface area contributed by atoms with Crippen LogP contribution in [-0.2, 0) is 17.1 Å². The maximum atomic E-state index is 4.83. The molecule has 0 fully saturated rings. The Kier molecular flexibility index (Phi) is 6.60. The summed E-state index contributed by atoms with van der Waals surface area (Å²) >= 11 is 0. The Morgan fingerprint density at radius 1 is 0.679 bits per heavy atom. The minimum absolute atomic E-state index is 0. The summed E-state index contributed by atoms with van der Waals surface area (Å²) in [5.41, 5.74) is 7.05. The first-order valence-corrected chi connectivity index (χ1v) is 9.17. The van der Waals surface area contributed by atoms with Gasteiger partial charge in [0.25, 0.3) is 0 Å². The normalized spacial score (nSPS) is 10.0. The molecule has 0 aliphatic heterocycles. The number of aryl methyl sites for hydroxylation is 1. The molecule has 5 aromatic rings. The molecule has 28 heavy (non-hydrogen) atoms. The van der Waals surface area contributed by atoms with Gasteiger partial charge in [0.1, 0.15) is 0 Å². The first-order valence-electron chi connectivity index (χ1n) is 9.17. The monoisotopic (exact) mass is 403 g/mol. The Morgan fingerprint density at radius 2 is 1.32 bits per heavy atom. The SMILES string of the molecule is Cc1ccccc1-c1cccc2nc(-[c-]3cccc3)ccc12.[Fe].[cH-]1[cH-][cH-][cH-][cH-]1. The van der Waals surface area contributed by atoms with E-state index in [1.54, 1.807) is 0 Å². The summed E-state index contributed by atoms with van der Waals surface area (Å²) < 4.78 is 0. The van der Waals surface area contributed by atoms with Crippen LogP contribution in [0.25, 0.3) is 33.3 Å². The van der Waals surface area contributed by atoms with E-state index in [0.717, 1.165) is 11.2 Å². The van der Waals surface area contributed by atoms with E-state index in [4.69, 9.17) is 4.98 Å². The van der Waals surface area contributed by atoms with Crippen molar-refractivity contribution >= 4 is 10.9 Å². The molecule has 1 nitrogen and oxygen atoms in total. The molecule has 0 aliphatic rings. The predicted molar refractivity (Wildman–Crippen MR) is 115 cm³/mol. The van der Waals surface area contributed by atoms with Crippen LogP contribution in [0.15, 0.2) is 109 Å². The molecular weight excluding hydrogens is 382 g/mol. The summed E-state index contributed by atoms with van der Waals surface area (Å²) in [5, 5.41) is 1.20. The van der Waals surface area contributed by atoms with Crippen molar-refractivity contribution in [2.75, 3.05) is 0 Å². The molecule has 0 aliphatic carbocycles. The molecule has 0 amide bonds. The van der Waals surface area contributed by atoms with Gasteiger partial charge in [0.05, 0.1) is 5.52 Å². The van der Waals surface area contributed by atoms with E-state index in [0.29, 0.717) is 0 Å². The number of nitrogens with zero attached hydrogens (tertiary/aromatic N) is 1. The Bertz CT molecular complexity index is 1110. The summed E-state index contributed by atoms with van der Waals surface area (Å²) in [4.78, 5) is 4.83. The Balaban J connectivity index is 0.000000329. The van der Waals surface area contributed by atoms with E-state index in [1.165, 1.54) is 27.6 Å². The summed E-state index contributed by atoms with van der Waals surface area (Å²) in [5.74, 6) is 0. The van der Waals surface area contributed by atoms with Gasteiger partial charge in [0, 0.05) is 17.1 Å². The molecule has 0 saturated carbocycles. The van der Waals surface area contributed by atoms with Gasteiger partial charge in [-0.1, -0.05) is 48.0 Å². The molecule has 5 rings (SSSR count). The molecule has 1 aromatic heterocycles. The number of fused-ring (bicyclic) bond motifs is 1. The zero-order chi connectivity index (χ0) is 18.5. The fourth-order valence-electron chi connectivity index (χ4n) is 3.29. The number of rotatable bonds is 2. The van der Waals surface area contributed by atoms with Crippen LogP contribution in [0.2, 0.25) is 0 Å². The van der Waals surface area contributed by atoms with Crippen LogP contribution in [-0.4, -0.2) is 4.98 Å². The van der Waals surface area contributed by atoms with Crippen LogP contribution < -0.4 is 0 Å². The van der Waals surface area contributed by atoms with Crippen LogP contribution >= 0.6 is 0 Å². The van der Waals surface area contributed by atoms with Crippen LogP contribution in [0, 0.1) is 6.92 Å². The quantitative estimate of drug-likeness (QED) is 0.228. The van der Waals surface area contributed by atoms with Crippen molar-refractivity contribution in [2.45, 2.75) is 6.92 Å². The van der Waals surface area contributed by atoms with Gasteiger partial charge in [-0.25, -0.2) is 0 Å².